The van der Waals surface area contributed by atoms with Crippen LogP contribution in [0.5, 0.6) is 0 Å². The molecule has 116 valence electrons. The molecule has 0 unspecified atom stereocenters. The number of benzene rings is 1. The van der Waals surface area contributed by atoms with Gasteiger partial charge in [0, 0.05) is 13.1 Å². The minimum atomic E-state index is -0.674. The molecule has 1 aliphatic rings. The van der Waals surface area contributed by atoms with Gasteiger partial charge in [-0.2, -0.15) is 10.1 Å². The summed E-state index contributed by atoms with van der Waals surface area (Å²) in [5.74, 6) is 0.0956. The molecule has 1 fully saturated rings. The van der Waals surface area contributed by atoms with Crippen molar-refractivity contribution >= 4 is 17.5 Å². The minimum Gasteiger partial charge on any atom is -0.339 e. The van der Waals surface area contributed by atoms with Crippen LogP contribution in [0.15, 0.2) is 24.4 Å². The Balaban J connectivity index is 1.79. The summed E-state index contributed by atoms with van der Waals surface area (Å²) in [5.41, 5.74) is -0.235. The van der Waals surface area contributed by atoms with E-state index in [2.05, 4.69) is 27.4 Å². The van der Waals surface area contributed by atoms with E-state index in [9.17, 15) is 8.78 Å². The maximum atomic E-state index is 13.7. The first-order valence-electron chi connectivity index (χ1n) is 7.29. The van der Waals surface area contributed by atoms with Crippen molar-refractivity contribution in [2.24, 2.45) is 5.92 Å². The first-order chi connectivity index (χ1) is 10.6. The summed E-state index contributed by atoms with van der Waals surface area (Å²) in [7, 11) is 0. The Morgan fingerprint density at radius 1 is 1.18 bits per heavy atom. The molecule has 7 heteroatoms. The molecule has 0 saturated carbocycles. The van der Waals surface area contributed by atoms with Gasteiger partial charge in [-0.3, -0.25) is 0 Å². The van der Waals surface area contributed by atoms with E-state index in [1.165, 1.54) is 24.4 Å². The summed E-state index contributed by atoms with van der Waals surface area (Å²) in [5, 5.41) is 10.5. The zero-order chi connectivity index (χ0) is 15.5. The average Bonchev–Trinajstić information content (AvgIpc) is 2.52. The fourth-order valence-corrected chi connectivity index (χ4v) is 2.44. The largest absolute Gasteiger partial charge is 0.339 e. The Morgan fingerprint density at radius 2 is 1.86 bits per heavy atom. The Labute approximate surface area is 127 Å². The number of halogens is 2. The molecule has 0 radical (unpaired) electrons. The summed E-state index contributed by atoms with van der Waals surface area (Å²) in [4.78, 5) is 6.34. The molecule has 0 atom stereocenters. The number of rotatable bonds is 3. The van der Waals surface area contributed by atoms with Gasteiger partial charge in [0.05, 0.1) is 6.20 Å². The van der Waals surface area contributed by atoms with Crippen LogP contribution in [0.4, 0.5) is 26.2 Å². The predicted octanol–water partition coefficient (Wildman–Crippen LogP) is 3.13. The van der Waals surface area contributed by atoms with E-state index in [1.807, 2.05) is 4.90 Å². The van der Waals surface area contributed by atoms with Crippen LogP contribution in [0.2, 0.25) is 0 Å². The normalized spacial score (nSPS) is 15.9. The SMILES string of the molecule is CC1CCN(c2nncc(Nc3c(F)cccc3F)n2)CC1. The van der Waals surface area contributed by atoms with Gasteiger partial charge in [-0.25, -0.2) is 8.78 Å². The Bertz CT molecular complexity index is 636. The lowest BCUT2D eigenvalue weighted by Gasteiger charge is -2.29. The van der Waals surface area contributed by atoms with Gasteiger partial charge in [-0.05, 0) is 30.9 Å². The van der Waals surface area contributed by atoms with Crippen LogP contribution >= 0.6 is 0 Å². The third-order valence-corrected chi connectivity index (χ3v) is 3.83. The highest BCUT2D eigenvalue weighted by molar-refractivity contribution is 5.57. The standard InChI is InChI=1S/C15H17F2N5/c1-10-5-7-22(8-6-10)15-20-13(9-18-21-15)19-14-11(16)3-2-4-12(14)17/h2-4,9-10H,5-8H2,1H3,(H,19,20,21). The molecular weight excluding hydrogens is 288 g/mol. The third kappa shape index (κ3) is 3.13. The highest BCUT2D eigenvalue weighted by atomic mass is 19.1. The second kappa shape index (κ2) is 6.21. The van der Waals surface area contributed by atoms with Crippen molar-refractivity contribution < 1.29 is 8.78 Å². The van der Waals surface area contributed by atoms with Crippen molar-refractivity contribution in [1.29, 1.82) is 0 Å². The number of hydrogen-bond donors (Lipinski definition) is 1. The van der Waals surface area contributed by atoms with E-state index < -0.39 is 11.6 Å². The number of anilines is 3. The lowest BCUT2D eigenvalue weighted by atomic mass is 10.00. The number of hydrogen-bond acceptors (Lipinski definition) is 5. The Morgan fingerprint density at radius 3 is 2.55 bits per heavy atom. The monoisotopic (exact) mass is 305 g/mol. The number of piperidine rings is 1. The fraction of sp³-hybridized carbons (Fsp3) is 0.400. The van der Waals surface area contributed by atoms with Crippen molar-refractivity contribution in [1.82, 2.24) is 15.2 Å². The summed E-state index contributed by atoms with van der Waals surface area (Å²) < 4.78 is 27.3. The molecule has 0 spiro atoms. The van der Waals surface area contributed by atoms with Crippen molar-refractivity contribution in [3.8, 4) is 0 Å². The van der Waals surface area contributed by atoms with Gasteiger partial charge in [0.2, 0.25) is 5.95 Å². The molecule has 1 N–H and O–H groups in total. The van der Waals surface area contributed by atoms with E-state index in [-0.39, 0.29) is 11.5 Å². The van der Waals surface area contributed by atoms with E-state index in [1.54, 1.807) is 0 Å². The number of nitrogens with zero attached hydrogens (tertiary/aromatic N) is 4. The molecule has 0 amide bonds. The fourth-order valence-electron chi connectivity index (χ4n) is 2.44. The Hall–Kier alpha value is -2.31. The molecule has 2 aromatic rings. The number of aromatic nitrogens is 3. The van der Waals surface area contributed by atoms with Crippen LogP contribution in [0.3, 0.4) is 0 Å². The second-order valence-corrected chi connectivity index (χ2v) is 5.53. The average molecular weight is 305 g/mol. The second-order valence-electron chi connectivity index (χ2n) is 5.53. The van der Waals surface area contributed by atoms with Crippen LogP contribution in [0, 0.1) is 17.6 Å². The zero-order valence-corrected chi connectivity index (χ0v) is 12.3. The van der Waals surface area contributed by atoms with Crippen LogP contribution in [0.1, 0.15) is 19.8 Å². The molecule has 1 saturated heterocycles. The van der Waals surface area contributed by atoms with Crippen LogP contribution in [-0.2, 0) is 0 Å². The lowest BCUT2D eigenvalue weighted by molar-refractivity contribution is 0.433. The molecular formula is C15H17F2N5. The van der Waals surface area contributed by atoms with Crippen molar-refractivity contribution in [2.45, 2.75) is 19.8 Å². The molecule has 1 aliphatic heterocycles. The van der Waals surface area contributed by atoms with Gasteiger partial charge in [-0.1, -0.05) is 13.0 Å². The lowest BCUT2D eigenvalue weighted by Crippen LogP contribution is -2.34. The van der Waals surface area contributed by atoms with Crippen LogP contribution in [-0.4, -0.2) is 28.3 Å². The number of para-hydroxylation sites is 1. The van der Waals surface area contributed by atoms with E-state index in [4.69, 9.17) is 0 Å². The van der Waals surface area contributed by atoms with Crippen LogP contribution < -0.4 is 10.2 Å². The number of nitrogens with one attached hydrogen (secondary N) is 1. The smallest absolute Gasteiger partial charge is 0.247 e. The molecule has 22 heavy (non-hydrogen) atoms. The first-order valence-corrected chi connectivity index (χ1v) is 7.29. The molecule has 0 bridgehead atoms. The van der Waals surface area contributed by atoms with Gasteiger partial charge < -0.3 is 10.2 Å². The van der Waals surface area contributed by atoms with Crippen LogP contribution in [0.25, 0.3) is 0 Å². The molecule has 1 aromatic carbocycles. The van der Waals surface area contributed by atoms with E-state index in [0.717, 1.165) is 25.9 Å². The quantitative estimate of drug-likeness (QED) is 0.944. The molecule has 1 aromatic heterocycles. The highest BCUT2D eigenvalue weighted by Gasteiger charge is 2.19. The van der Waals surface area contributed by atoms with Gasteiger partial charge in [0.1, 0.15) is 17.3 Å². The van der Waals surface area contributed by atoms with E-state index >= 15 is 0 Å². The predicted molar refractivity (Wildman–Crippen MR) is 80.1 cm³/mol. The minimum absolute atomic E-state index is 0.235. The van der Waals surface area contributed by atoms with Gasteiger partial charge in [0.25, 0.3) is 0 Å². The topological polar surface area (TPSA) is 53.9 Å². The first kappa shape index (κ1) is 14.6. The maximum Gasteiger partial charge on any atom is 0.247 e. The summed E-state index contributed by atoms with van der Waals surface area (Å²) in [6.07, 6.45) is 3.49. The van der Waals surface area contributed by atoms with Crippen molar-refractivity contribution in [2.75, 3.05) is 23.3 Å². The molecule has 3 rings (SSSR count). The van der Waals surface area contributed by atoms with Gasteiger partial charge in [0.15, 0.2) is 5.82 Å². The zero-order valence-electron chi connectivity index (χ0n) is 12.3. The highest BCUT2D eigenvalue weighted by Crippen LogP contribution is 2.24. The van der Waals surface area contributed by atoms with Crippen molar-refractivity contribution in [3.63, 3.8) is 0 Å². The molecule has 5 nitrogen and oxygen atoms in total. The summed E-state index contributed by atoms with van der Waals surface area (Å²) in [6, 6.07) is 3.69. The summed E-state index contributed by atoms with van der Waals surface area (Å²) >= 11 is 0. The van der Waals surface area contributed by atoms with E-state index in [0.29, 0.717) is 11.9 Å². The maximum absolute atomic E-state index is 13.7. The Kier molecular flexibility index (Phi) is 4.13. The molecule has 0 aliphatic carbocycles. The van der Waals surface area contributed by atoms with Gasteiger partial charge in [-0.15, -0.1) is 5.10 Å². The van der Waals surface area contributed by atoms with Crippen molar-refractivity contribution in [3.05, 3.63) is 36.0 Å². The summed E-state index contributed by atoms with van der Waals surface area (Å²) in [6.45, 7) is 3.94. The third-order valence-electron chi connectivity index (χ3n) is 3.83. The molecule has 2 heterocycles. The van der Waals surface area contributed by atoms with Gasteiger partial charge >= 0.3 is 0 Å².